The molecule has 0 atom stereocenters. The van der Waals surface area contributed by atoms with Gasteiger partial charge in [0.2, 0.25) is 11.8 Å². The van der Waals surface area contributed by atoms with Gasteiger partial charge in [0.05, 0.1) is 35.2 Å². The van der Waals surface area contributed by atoms with Crippen molar-refractivity contribution in [3.8, 4) is 17.7 Å². The van der Waals surface area contributed by atoms with Crippen LogP contribution < -0.4 is 14.5 Å². The average molecular weight is 525 g/mol. The van der Waals surface area contributed by atoms with Crippen molar-refractivity contribution in [2.24, 2.45) is 0 Å². The summed E-state index contributed by atoms with van der Waals surface area (Å²) in [6, 6.07) is 7.27. The van der Waals surface area contributed by atoms with Crippen molar-refractivity contribution < 1.29 is 14.6 Å². The summed E-state index contributed by atoms with van der Waals surface area (Å²) in [7, 11) is 4.02. The molecule has 0 radical (unpaired) electrons. The van der Waals surface area contributed by atoms with Crippen LogP contribution in [0.15, 0.2) is 30.9 Å². The maximum absolute atomic E-state index is 12.1. The average Bonchev–Trinajstić information content (AvgIpc) is 2.90. The van der Waals surface area contributed by atoms with Gasteiger partial charge < -0.3 is 29.4 Å². The molecule has 1 fully saturated rings. The Balaban J connectivity index is 1.68. The minimum atomic E-state index is -0.0829. The highest BCUT2D eigenvalue weighted by molar-refractivity contribution is 6.33. The van der Waals surface area contributed by atoms with Gasteiger partial charge in [0.25, 0.3) is 0 Å². The van der Waals surface area contributed by atoms with Gasteiger partial charge in [0, 0.05) is 50.9 Å². The minimum Gasteiger partial charge on any atom is -0.508 e. The van der Waals surface area contributed by atoms with Crippen LogP contribution in [0.25, 0.3) is 0 Å². The number of benzene rings is 1. The normalized spacial score (nSPS) is 15.4. The molecule has 1 aromatic heterocycles. The number of hydrogen-bond donors (Lipinski definition) is 1. The molecule has 0 aliphatic carbocycles. The van der Waals surface area contributed by atoms with E-state index < -0.39 is 0 Å². The van der Waals surface area contributed by atoms with Gasteiger partial charge in [-0.1, -0.05) is 18.2 Å². The largest absolute Gasteiger partial charge is 0.508 e. The van der Waals surface area contributed by atoms with Crippen molar-refractivity contribution in [2.75, 3.05) is 69.8 Å². The van der Waals surface area contributed by atoms with Gasteiger partial charge >= 0.3 is 0 Å². The van der Waals surface area contributed by atoms with E-state index in [1.54, 1.807) is 23.1 Å². The Morgan fingerprint density at radius 2 is 2.03 bits per heavy atom. The van der Waals surface area contributed by atoms with Crippen LogP contribution in [0.3, 0.4) is 0 Å². The standard InChI is InChI=1S/C27H33ClN6O3/c1-4-25(36)32-11-13-33(14-12-32)26-20-8-10-34(24-16-19(35)6-7-22(24)28)18-23(20)30-27(21(26)17-29)37-15-5-9-31(2)3/h4,6-7,16,35H,1,5,8-15,18H2,2-3H3. The van der Waals surface area contributed by atoms with Crippen LogP contribution in [-0.2, 0) is 17.8 Å². The van der Waals surface area contributed by atoms with Crippen molar-refractivity contribution in [3.05, 3.63) is 52.7 Å². The van der Waals surface area contributed by atoms with Gasteiger partial charge in [-0.15, -0.1) is 0 Å². The lowest BCUT2D eigenvalue weighted by atomic mass is 9.97. The van der Waals surface area contributed by atoms with Gasteiger partial charge in [0.15, 0.2) is 0 Å². The number of pyridine rings is 1. The van der Waals surface area contributed by atoms with Crippen molar-refractivity contribution in [3.63, 3.8) is 0 Å². The summed E-state index contributed by atoms with van der Waals surface area (Å²) in [5, 5.41) is 20.8. The van der Waals surface area contributed by atoms with Gasteiger partial charge in [-0.2, -0.15) is 5.26 Å². The van der Waals surface area contributed by atoms with E-state index in [4.69, 9.17) is 21.3 Å². The first-order chi connectivity index (χ1) is 17.8. The molecule has 37 heavy (non-hydrogen) atoms. The molecule has 3 heterocycles. The molecule has 2 aliphatic heterocycles. The summed E-state index contributed by atoms with van der Waals surface area (Å²) in [6.45, 7) is 8.35. The number of nitriles is 1. The van der Waals surface area contributed by atoms with Crippen LogP contribution in [0.5, 0.6) is 11.6 Å². The number of hydrogen-bond acceptors (Lipinski definition) is 8. The number of piperazine rings is 1. The first-order valence-electron chi connectivity index (χ1n) is 12.5. The predicted octanol–water partition coefficient (Wildman–Crippen LogP) is 3.04. The Kier molecular flexibility index (Phi) is 8.41. The number of aromatic hydroxyl groups is 1. The van der Waals surface area contributed by atoms with E-state index >= 15 is 0 Å². The Bertz CT molecular complexity index is 1200. The zero-order chi connectivity index (χ0) is 26.5. The number of anilines is 2. The molecule has 1 N–H and O–H groups in total. The number of amides is 1. The molecular formula is C27H33ClN6O3. The Morgan fingerprint density at radius 1 is 1.27 bits per heavy atom. The number of carbonyl (C=O) groups is 1. The molecule has 1 amide bonds. The number of ether oxygens (including phenoxy) is 1. The fourth-order valence-corrected chi connectivity index (χ4v) is 5.10. The summed E-state index contributed by atoms with van der Waals surface area (Å²) in [5.41, 5.74) is 3.88. The van der Waals surface area contributed by atoms with E-state index in [1.807, 2.05) is 14.1 Å². The fraction of sp³-hybridized carbons (Fsp3) is 0.444. The molecule has 0 unspecified atom stereocenters. The molecule has 2 aromatic rings. The monoisotopic (exact) mass is 524 g/mol. The van der Waals surface area contributed by atoms with E-state index in [-0.39, 0.29) is 11.7 Å². The van der Waals surface area contributed by atoms with Crippen LogP contribution in [0.4, 0.5) is 11.4 Å². The molecule has 0 bridgehead atoms. The quantitative estimate of drug-likeness (QED) is 0.416. The minimum absolute atomic E-state index is 0.0829. The third kappa shape index (κ3) is 5.92. The van der Waals surface area contributed by atoms with Crippen LogP contribution in [0.1, 0.15) is 23.2 Å². The molecular weight excluding hydrogens is 492 g/mol. The fourth-order valence-electron chi connectivity index (χ4n) is 4.87. The van der Waals surface area contributed by atoms with Crippen molar-refractivity contribution in [1.82, 2.24) is 14.8 Å². The van der Waals surface area contributed by atoms with Crippen LogP contribution in [0.2, 0.25) is 5.02 Å². The van der Waals surface area contributed by atoms with Crippen LogP contribution in [-0.4, -0.2) is 85.8 Å². The van der Waals surface area contributed by atoms with E-state index in [9.17, 15) is 15.2 Å². The number of phenolic OH excluding ortho intramolecular Hbond substituents is 1. The number of aromatic nitrogens is 1. The second kappa shape index (κ2) is 11.7. The lowest BCUT2D eigenvalue weighted by Gasteiger charge is -2.39. The summed E-state index contributed by atoms with van der Waals surface area (Å²) in [5.74, 6) is 0.402. The number of carbonyl (C=O) groups excluding carboxylic acids is 1. The van der Waals surface area contributed by atoms with Gasteiger partial charge in [-0.25, -0.2) is 4.98 Å². The molecule has 196 valence electrons. The second-order valence-corrected chi connectivity index (χ2v) is 9.91. The summed E-state index contributed by atoms with van der Waals surface area (Å²) < 4.78 is 6.09. The maximum Gasteiger partial charge on any atom is 0.246 e. The van der Waals surface area contributed by atoms with Crippen molar-refractivity contribution >= 4 is 28.9 Å². The van der Waals surface area contributed by atoms with E-state index in [0.717, 1.165) is 35.6 Å². The number of halogens is 1. The molecule has 4 rings (SSSR count). The number of phenols is 1. The van der Waals surface area contributed by atoms with Gasteiger partial charge in [-0.05, 0) is 45.1 Å². The molecule has 2 aliphatic rings. The molecule has 1 saturated heterocycles. The predicted molar refractivity (Wildman–Crippen MR) is 144 cm³/mol. The first kappa shape index (κ1) is 26.6. The van der Waals surface area contributed by atoms with E-state index in [2.05, 4.69) is 27.3 Å². The van der Waals surface area contributed by atoms with Crippen molar-refractivity contribution in [1.29, 1.82) is 5.26 Å². The van der Waals surface area contributed by atoms with Gasteiger partial charge in [0.1, 0.15) is 17.4 Å². The van der Waals surface area contributed by atoms with E-state index in [1.165, 1.54) is 6.08 Å². The second-order valence-electron chi connectivity index (χ2n) is 9.51. The number of fused-ring (bicyclic) bond motifs is 1. The molecule has 0 saturated carbocycles. The third-order valence-electron chi connectivity index (χ3n) is 6.75. The highest BCUT2D eigenvalue weighted by Gasteiger charge is 2.31. The lowest BCUT2D eigenvalue weighted by molar-refractivity contribution is -0.126. The topological polar surface area (TPSA) is 96.2 Å². The SMILES string of the molecule is C=CC(=O)N1CCN(c2c(C#N)c(OCCCN(C)C)nc3c2CCN(c2cc(O)ccc2Cl)C3)CC1. The summed E-state index contributed by atoms with van der Waals surface area (Å²) in [4.78, 5) is 25.1. The zero-order valence-corrected chi connectivity index (χ0v) is 22.2. The number of nitrogens with zero attached hydrogens (tertiary/aromatic N) is 6. The van der Waals surface area contributed by atoms with Crippen molar-refractivity contribution in [2.45, 2.75) is 19.4 Å². The van der Waals surface area contributed by atoms with Crippen LogP contribution in [0, 0.1) is 11.3 Å². The number of rotatable bonds is 8. The molecule has 0 spiro atoms. The molecule has 1 aromatic carbocycles. The Labute approximate surface area is 223 Å². The van der Waals surface area contributed by atoms with E-state index in [0.29, 0.717) is 68.8 Å². The van der Waals surface area contributed by atoms with Crippen LogP contribution >= 0.6 is 11.6 Å². The molecule has 10 heteroatoms. The molecule has 9 nitrogen and oxygen atoms in total. The first-order valence-corrected chi connectivity index (χ1v) is 12.8. The maximum atomic E-state index is 12.1. The highest BCUT2D eigenvalue weighted by atomic mass is 35.5. The van der Waals surface area contributed by atoms with Gasteiger partial charge in [-0.3, -0.25) is 4.79 Å². The Hall–Kier alpha value is -3.48. The Morgan fingerprint density at radius 3 is 2.70 bits per heavy atom. The lowest BCUT2D eigenvalue weighted by Crippen LogP contribution is -2.49. The smallest absolute Gasteiger partial charge is 0.246 e. The zero-order valence-electron chi connectivity index (χ0n) is 21.4. The summed E-state index contributed by atoms with van der Waals surface area (Å²) in [6.07, 6.45) is 2.80. The summed E-state index contributed by atoms with van der Waals surface area (Å²) >= 11 is 6.46. The third-order valence-corrected chi connectivity index (χ3v) is 7.07. The highest BCUT2D eigenvalue weighted by Crippen LogP contribution is 2.39.